The molecule has 0 fully saturated rings. The van der Waals surface area contributed by atoms with E-state index in [2.05, 4.69) is 51.8 Å². The molecule has 5 heteroatoms. The minimum Gasteiger partial charge on any atom is -0.352 e. The second kappa shape index (κ2) is 8.15. The molecule has 0 aliphatic heterocycles. The summed E-state index contributed by atoms with van der Waals surface area (Å²) in [5, 5.41) is 7.66. The normalized spacial score (nSPS) is 11.4. The van der Waals surface area contributed by atoms with E-state index in [9.17, 15) is 0 Å². The van der Waals surface area contributed by atoms with Crippen LogP contribution >= 0.6 is 0 Å². The molecule has 5 nitrogen and oxygen atoms in total. The van der Waals surface area contributed by atoms with Crippen LogP contribution in [0.5, 0.6) is 0 Å². The van der Waals surface area contributed by atoms with Crippen molar-refractivity contribution in [1.82, 2.24) is 20.0 Å². The van der Waals surface area contributed by atoms with Crippen molar-refractivity contribution < 1.29 is 0 Å². The van der Waals surface area contributed by atoms with Crippen molar-refractivity contribution in [2.24, 2.45) is 4.99 Å². The van der Waals surface area contributed by atoms with Crippen molar-refractivity contribution in [3.05, 3.63) is 84.2 Å². The van der Waals surface area contributed by atoms with Crippen LogP contribution in [0.4, 0.5) is 0 Å². The lowest BCUT2D eigenvalue weighted by Crippen LogP contribution is -2.36. The van der Waals surface area contributed by atoms with E-state index in [1.807, 2.05) is 54.1 Å². The highest BCUT2D eigenvalue weighted by Gasteiger charge is 2.03. The summed E-state index contributed by atoms with van der Waals surface area (Å²) in [5.74, 6) is 0.875. The summed E-state index contributed by atoms with van der Waals surface area (Å²) in [5.41, 5.74) is 3.46. The van der Waals surface area contributed by atoms with E-state index in [-0.39, 0.29) is 0 Å². The Labute approximate surface area is 148 Å². The van der Waals surface area contributed by atoms with Crippen LogP contribution < -0.4 is 5.32 Å². The molecule has 0 unspecified atom stereocenters. The Kier molecular flexibility index (Phi) is 5.46. The van der Waals surface area contributed by atoms with Gasteiger partial charge in [0.25, 0.3) is 0 Å². The van der Waals surface area contributed by atoms with E-state index in [0.29, 0.717) is 6.54 Å². The molecule has 0 aliphatic carbocycles. The van der Waals surface area contributed by atoms with Gasteiger partial charge in [0.05, 0.1) is 12.2 Å². The maximum Gasteiger partial charge on any atom is 0.194 e. The first kappa shape index (κ1) is 16.8. The Morgan fingerprint density at radius 2 is 1.76 bits per heavy atom. The van der Waals surface area contributed by atoms with Crippen LogP contribution in [-0.2, 0) is 13.1 Å². The summed E-state index contributed by atoms with van der Waals surface area (Å²) >= 11 is 0. The maximum absolute atomic E-state index is 4.68. The highest BCUT2D eigenvalue weighted by Crippen LogP contribution is 2.08. The van der Waals surface area contributed by atoms with E-state index < -0.39 is 0 Å². The highest BCUT2D eigenvalue weighted by molar-refractivity contribution is 5.79. The summed E-state index contributed by atoms with van der Waals surface area (Å²) in [6.07, 6.45) is 3.72. The number of hydrogen-bond acceptors (Lipinski definition) is 2. The Morgan fingerprint density at radius 3 is 2.40 bits per heavy atom. The van der Waals surface area contributed by atoms with Gasteiger partial charge in [-0.05, 0) is 29.3 Å². The van der Waals surface area contributed by atoms with Gasteiger partial charge in [0.15, 0.2) is 5.96 Å². The fourth-order valence-electron chi connectivity index (χ4n) is 2.47. The average Bonchev–Trinajstić information content (AvgIpc) is 3.17. The van der Waals surface area contributed by atoms with Crippen molar-refractivity contribution in [2.75, 3.05) is 14.1 Å². The van der Waals surface area contributed by atoms with Crippen LogP contribution in [0.2, 0.25) is 0 Å². The molecule has 1 aromatic heterocycles. The number of rotatable bonds is 5. The molecular weight excluding hydrogens is 310 g/mol. The molecule has 0 aliphatic rings. The Morgan fingerprint density at radius 1 is 1.00 bits per heavy atom. The zero-order valence-electron chi connectivity index (χ0n) is 14.6. The zero-order chi connectivity index (χ0) is 17.5. The molecule has 128 valence electrons. The largest absolute Gasteiger partial charge is 0.352 e. The summed E-state index contributed by atoms with van der Waals surface area (Å²) in [6.45, 7) is 1.39. The van der Waals surface area contributed by atoms with Crippen LogP contribution in [-0.4, -0.2) is 34.7 Å². The molecule has 0 saturated heterocycles. The maximum atomic E-state index is 4.68. The van der Waals surface area contributed by atoms with Gasteiger partial charge < -0.3 is 10.2 Å². The van der Waals surface area contributed by atoms with Crippen molar-refractivity contribution in [1.29, 1.82) is 0 Å². The summed E-state index contributed by atoms with van der Waals surface area (Å²) in [4.78, 5) is 6.69. The SMILES string of the molecule is CN(C)C(=NCc1ccccc1)NCc1ccc(-n2cccn2)cc1. The number of benzene rings is 2. The van der Waals surface area contributed by atoms with Crippen molar-refractivity contribution in [2.45, 2.75) is 13.1 Å². The van der Waals surface area contributed by atoms with Crippen molar-refractivity contribution in [3.63, 3.8) is 0 Å². The van der Waals surface area contributed by atoms with E-state index >= 15 is 0 Å². The lowest BCUT2D eigenvalue weighted by atomic mass is 10.2. The van der Waals surface area contributed by atoms with E-state index in [4.69, 9.17) is 0 Å². The predicted molar refractivity (Wildman–Crippen MR) is 102 cm³/mol. The lowest BCUT2D eigenvalue weighted by molar-refractivity contribution is 0.578. The third-order valence-corrected chi connectivity index (χ3v) is 3.83. The first-order valence-corrected chi connectivity index (χ1v) is 8.31. The van der Waals surface area contributed by atoms with Crippen LogP contribution in [0.25, 0.3) is 5.69 Å². The number of hydrogen-bond donors (Lipinski definition) is 1. The van der Waals surface area contributed by atoms with Crippen molar-refractivity contribution >= 4 is 5.96 Å². The van der Waals surface area contributed by atoms with Crippen LogP contribution in [0.1, 0.15) is 11.1 Å². The lowest BCUT2D eigenvalue weighted by Gasteiger charge is -2.18. The second-order valence-corrected chi connectivity index (χ2v) is 5.99. The summed E-state index contributed by atoms with van der Waals surface area (Å²) in [7, 11) is 4.00. The van der Waals surface area contributed by atoms with Gasteiger partial charge in [-0.25, -0.2) is 9.67 Å². The summed E-state index contributed by atoms with van der Waals surface area (Å²) < 4.78 is 1.85. The molecule has 0 atom stereocenters. The minimum atomic E-state index is 0.666. The molecular formula is C20H23N5. The molecule has 2 aromatic carbocycles. The second-order valence-electron chi connectivity index (χ2n) is 5.99. The molecule has 0 bridgehead atoms. The number of guanidine groups is 1. The standard InChI is InChI=1S/C20H23N5/c1-24(2)20(21-15-17-7-4-3-5-8-17)22-16-18-9-11-19(12-10-18)25-14-6-13-23-25/h3-14H,15-16H2,1-2H3,(H,21,22). The number of aliphatic imine (C=N–C) groups is 1. The van der Waals surface area contributed by atoms with Gasteiger partial charge in [0, 0.05) is 33.0 Å². The summed E-state index contributed by atoms with van der Waals surface area (Å²) in [6, 6.07) is 20.5. The molecule has 0 saturated carbocycles. The quantitative estimate of drug-likeness (QED) is 0.576. The number of nitrogens with zero attached hydrogens (tertiary/aromatic N) is 4. The fourth-order valence-corrected chi connectivity index (χ4v) is 2.47. The molecule has 0 spiro atoms. The first-order chi connectivity index (χ1) is 12.2. The van der Waals surface area contributed by atoms with Crippen LogP contribution in [0.3, 0.4) is 0 Å². The third-order valence-electron chi connectivity index (χ3n) is 3.83. The third kappa shape index (κ3) is 4.70. The molecule has 1 heterocycles. The van der Waals surface area contributed by atoms with Gasteiger partial charge in [0.2, 0.25) is 0 Å². The van der Waals surface area contributed by atoms with E-state index in [0.717, 1.165) is 18.2 Å². The van der Waals surface area contributed by atoms with E-state index in [1.165, 1.54) is 11.1 Å². The van der Waals surface area contributed by atoms with Gasteiger partial charge in [-0.2, -0.15) is 5.10 Å². The van der Waals surface area contributed by atoms with Crippen LogP contribution in [0.15, 0.2) is 78.0 Å². The molecule has 25 heavy (non-hydrogen) atoms. The van der Waals surface area contributed by atoms with Crippen LogP contribution in [0, 0.1) is 0 Å². The van der Waals surface area contributed by atoms with Gasteiger partial charge >= 0.3 is 0 Å². The Balaban J connectivity index is 1.61. The zero-order valence-corrected chi connectivity index (χ0v) is 14.6. The van der Waals surface area contributed by atoms with Gasteiger partial charge in [-0.1, -0.05) is 42.5 Å². The van der Waals surface area contributed by atoms with E-state index in [1.54, 1.807) is 6.20 Å². The number of aromatic nitrogens is 2. The molecule has 0 radical (unpaired) electrons. The smallest absolute Gasteiger partial charge is 0.194 e. The first-order valence-electron chi connectivity index (χ1n) is 8.31. The highest BCUT2D eigenvalue weighted by atomic mass is 15.3. The van der Waals surface area contributed by atoms with Gasteiger partial charge in [-0.3, -0.25) is 0 Å². The fraction of sp³-hybridized carbons (Fsp3) is 0.200. The Hall–Kier alpha value is -3.08. The van der Waals surface area contributed by atoms with Gasteiger partial charge in [0.1, 0.15) is 0 Å². The average molecular weight is 333 g/mol. The van der Waals surface area contributed by atoms with Crippen molar-refractivity contribution in [3.8, 4) is 5.69 Å². The molecule has 3 aromatic rings. The molecule has 0 amide bonds. The number of nitrogens with one attached hydrogen (secondary N) is 1. The predicted octanol–water partition coefficient (Wildman–Crippen LogP) is 3.08. The minimum absolute atomic E-state index is 0.666. The van der Waals surface area contributed by atoms with Gasteiger partial charge in [-0.15, -0.1) is 0 Å². The Bertz CT molecular complexity index is 790. The monoisotopic (exact) mass is 333 g/mol. The molecule has 3 rings (SSSR count). The molecule has 1 N–H and O–H groups in total. The topological polar surface area (TPSA) is 45.5 Å².